The fraction of sp³-hybridized carbons (Fsp3) is 0.346. The fourth-order valence-corrected chi connectivity index (χ4v) is 4.77. The van der Waals surface area contributed by atoms with Gasteiger partial charge in [-0.05, 0) is 47.5 Å². The highest BCUT2D eigenvalue weighted by Gasteiger charge is 2.32. The Kier molecular flexibility index (Phi) is 6.21. The average Bonchev–Trinajstić information content (AvgIpc) is 2.86. The van der Waals surface area contributed by atoms with Crippen LogP contribution in [-0.2, 0) is 4.79 Å². The predicted molar refractivity (Wildman–Crippen MR) is 129 cm³/mol. The molecule has 33 heavy (non-hydrogen) atoms. The summed E-state index contributed by atoms with van der Waals surface area (Å²) in [5.41, 5.74) is 2.18. The monoisotopic (exact) mass is 443 g/mol. The third-order valence-corrected chi connectivity index (χ3v) is 6.65. The molecule has 1 atom stereocenters. The van der Waals surface area contributed by atoms with E-state index in [-0.39, 0.29) is 18.0 Å². The lowest BCUT2D eigenvalue weighted by atomic mass is 9.98. The first-order chi connectivity index (χ1) is 16.2. The van der Waals surface area contributed by atoms with Gasteiger partial charge in [-0.25, -0.2) is 4.79 Å². The molecule has 1 N–H and O–H groups in total. The second kappa shape index (κ2) is 9.58. The molecule has 2 aromatic carbocycles. The van der Waals surface area contributed by atoms with Crippen LogP contribution in [-0.4, -0.2) is 66.0 Å². The van der Waals surface area contributed by atoms with Crippen molar-refractivity contribution in [2.45, 2.75) is 18.9 Å². The van der Waals surface area contributed by atoms with E-state index in [1.807, 2.05) is 48.8 Å². The molecule has 0 saturated carbocycles. The Morgan fingerprint density at radius 1 is 0.879 bits per heavy atom. The zero-order valence-corrected chi connectivity index (χ0v) is 18.7. The van der Waals surface area contributed by atoms with E-state index in [1.54, 1.807) is 0 Å². The molecule has 3 heterocycles. The zero-order valence-electron chi connectivity index (χ0n) is 18.7. The highest BCUT2D eigenvalue weighted by atomic mass is 16.2. The molecule has 0 spiro atoms. The van der Waals surface area contributed by atoms with Crippen LogP contribution >= 0.6 is 0 Å². The number of pyridine rings is 1. The maximum atomic E-state index is 12.8. The van der Waals surface area contributed by atoms with Gasteiger partial charge in [0.15, 0.2) is 0 Å². The van der Waals surface area contributed by atoms with E-state index in [4.69, 9.17) is 0 Å². The Balaban J connectivity index is 1.10. The third kappa shape index (κ3) is 4.83. The lowest BCUT2D eigenvalue weighted by Crippen LogP contribution is -2.52. The number of hydrogen-bond acceptors (Lipinski definition) is 5. The number of nitrogens with zero attached hydrogens (tertiary/aromatic N) is 4. The Hall–Kier alpha value is -3.45. The average molecular weight is 444 g/mol. The summed E-state index contributed by atoms with van der Waals surface area (Å²) in [5, 5.41) is 5.30. The summed E-state index contributed by atoms with van der Waals surface area (Å²) in [6.07, 6.45) is 4.74. The number of urea groups is 1. The highest BCUT2D eigenvalue weighted by molar-refractivity contribution is 5.97. The van der Waals surface area contributed by atoms with Crippen molar-refractivity contribution in [3.05, 3.63) is 72.6 Å². The summed E-state index contributed by atoms with van der Waals surface area (Å²) in [6, 6.07) is 17.8. The Morgan fingerprint density at radius 2 is 1.64 bits per heavy atom. The van der Waals surface area contributed by atoms with E-state index in [0.29, 0.717) is 13.0 Å². The van der Waals surface area contributed by atoms with Gasteiger partial charge in [-0.15, -0.1) is 0 Å². The van der Waals surface area contributed by atoms with Crippen molar-refractivity contribution >= 4 is 28.4 Å². The first kappa shape index (κ1) is 21.4. The lowest BCUT2D eigenvalue weighted by molar-refractivity contribution is -0.130. The first-order valence-electron chi connectivity index (χ1n) is 11.6. The number of imide groups is 1. The maximum absolute atomic E-state index is 12.8. The van der Waals surface area contributed by atoms with Crippen LogP contribution in [0.25, 0.3) is 10.8 Å². The Morgan fingerprint density at radius 3 is 2.39 bits per heavy atom. The van der Waals surface area contributed by atoms with E-state index >= 15 is 0 Å². The minimum Gasteiger partial charge on any atom is -0.369 e. The lowest BCUT2D eigenvalue weighted by Gasteiger charge is -2.36. The zero-order chi connectivity index (χ0) is 22.6. The molecule has 2 fully saturated rings. The number of benzene rings is 2. The number of rotatable bonds is 6. The molecule has 5 rings (SSSR count). The van der Waals surface area contributed by atoms with Gasteiger partial charge in [0.2, 0.25) is 5.91 Å². The first-order valence-corrected chi connectivity index (χ1v) is 11.6. The molecule has 0 aliphatic carbocycles. The van der Waals surface area contributed by atoms with Crippen LogP contribution in [0.1, 0.15) is 24.4 Å². The SMILES string of the molecule is O=C1CC(c2ccc3ccccc3c2)NC(=O)N1CCCN1CCN(c2ccncc2)CC1. The summed E-state index contributed by atoms with van der Waals surface area (Å²) < 4.78 is 0. The molecule has 7 heteroatoms. The van der Waals surface area contributed by atoms with Crippen molar-refractivity contribution in [2.24, 2.45) is 0 Å². The number of carbonyl (C=O) groups excluding carboxylic acids is 2. The summed E-state index contributed by atoms with van der Waals surface area (Å²) in [7, 11) is 0. The summed E-state index contributed by atoms with van der Waals surface area (Å²) in [4.78, 5) is 35.7. The van der Waals surface area contributed by atoms with E-state index in [0.717, 1.165) is 55.5 Å². The van der Waals surface area contributed by atoms with Crippen LogP contribution in [0.3, 0.4) is 0 Å². The molecule has 3 aromatic rings. The summed E-state index contributed by atoms with van der Waals surface area (Å²) in [5.74, 6) is -0.0978. The van der Waals surface area contributed by atoms with Gasteiger partial charge >= 0.3 is 6.03 Å². The van der Waals surface area contributed by atoms with Gasteiger partial charge in [-0.2, -0.15) is 0 Å². The maximum Gasteiger partial charge on any atom is 0.324 e. The van der Waals surface area contributed by atoms with Crippen molar-refractivity contribution in [1.29, 1.82) is 0 Å². The molecule has 2 saturated heterocycles. The number of amides is 3. The second-order valence-electron chi connectivity index (χ2n) is 8.75. The largest absolute Gasteiger partial charge is 0.369 e. The molecule has 170 valence electrons. The molecule has 1 unspecified atom stereocenters. The fourth-order valence-electron chi connectivity index (χ4n) is 4.77. The van der Waals surface area contributed by atoms with Crippen LogP contribution in [0.2, 0.25) is 0 Å². The van der Waals surface area contributed by atoms with E-state index in [1.165, 1.54) is 10.6 Å². The molecule has 2 aliphatic rings. The molecule has 0 bridgehead atoms. The number of nitrogens with one attached hydrogen (secondary N) is 1. The van der Waals surface area contributed by atoms with Gasteiger partial charge in [0.05, 0.1) is 12.5 Å². The number of carbonyl (C=O) groups is 2. The molecular weight excluding hydrogens is 414 g/mol. The summed E-state index contributed by atoms with van der Waals surface area (Å²) in [6.45, 7) is 5.25. The van der Waals surface area contributed by atoms with Crippen LogP contribution in [0.5, 0.6) is 0 Å². The van der Waals surface area contributed by atoms with E-state index in [2.05, 4.69) is 38.3 Å². The van der Waals surface area contributed by atoms with Gasteiger partial charge < -0.3 is 10.2 Å². The van der Waals surface area contributed by atoms with Gasteiger partial charge in [-0.1, -0.05) is 36.4 Å². The second-order valence-corrected chi connectivity index (χ2v) is 8.75. The van der Waals surface area contributed by atoms with Crippen molar-refractivity contribution in [3.63, 3.8) is 0 Å². The van der Waals surface area contributed by atoms with Crippen molar-refractivity contribution in [2.75, 3.05) is 44.2 Å². The number of aromatic nitrogens is 1. The minimum absolute atomic E-state index is 0.0978. The van der Waals surface area contributed by atoms with E-state index < -0.39 is 0 Å². The molecule has 7 nitrogen and oxygen atoms in total. The number of anilines is 1. The quantitative estimate of drug-likeness (QED) is 0.632. The molecule has 3 amide bonds. The molecular formula is C26H29N5O2. The van der Waals surface area contributed by atoms with Crippen molar-refractivity contribution in [3.8, 4) is 0 Å². The van der Waals surface area contributed by atoms with Crippen LogP contribution in [0.4, 0.5) is 10.5 Å². The topological polar surface area (TPSA) is 68.8 Å². The van der Waals surface area contributed by atoms with Crippen molar-refractivity contribution in [1.82, 2.24) is 20.1 Å². The number of piperazine rings is 1. The van der Waals surface area contributed by atoms with Crippen LogP contribution < -0.4 is 10.2 Å². The molecule has 1 aromatic heterocycles. The standard InChI is InChI=1S/C26H29N5O2/c32-25-19-24(22-7-6-20-4-1-2-5-21(20)18-22)28-26(33)31(25)13-3-12-29-14-16-30(17-15-29)23-8-10-27-11-9-23/h1-2,4-11,18,24H,3,12-17,19H2,(H,28,33). The Bertz CT molecular complexity index is 1110. The normalized spacial score (nSPS) is 19.7. The predicted octanol–water partition coefficient (Wildman–Crippen LogP) is 3.43. The van der Waals surface area contributed by atoms with Gasteiger partial charge in [-0.3, -0.25) is 19.6 Å². The van der Waals surface area contributed by atoms with Crippen molar-refractivity contribution < 1.29 is 9.59 Å². The summed E-state index contributed by atoms with van der Waals surface area (Å²) >= 11 is 0. The van der Waals surface area contributed by atoms with Crippen LogP contribution in [0, 0.1) is 0 Å². The minimum atomic E-state index is -0.285. The van der Waals surface area contributed by atoms with Gasteiger partial charge in [0.1, 0.15) is 0 Å². The van der Waals surface area contributed by atoms with Gasteiger partial charge in [0, 0.05) is 50.8 Å². The third-order valence-electron chi connectivity index (χ3n) is 6.65. The molecule has 2 aliphatic heterocycles. The highest BCUT2D eigenvalue weighted by Crippen LogP contribution is 2.26. The number of fused-ring (bicyclic) bond motifs is 1. The number of hydrogen-bond donors (Lipinski definition) is 1. The smallest absolute Gasteiger partial charge is 0.324 e. The molecule has 0 radical (unpaired) electrons. The Labute approximate surface area is 194 Å². The van der Waals surface area contributed by atoms with Crippen LogP contribution in [0.15, 0.2) is 67.0 Å². The van der Waals surface area contributed by atoms with Gasteiger partial charge in [0.25, 0.3) is 0 Å². The van der Waals surface area contributed by atoms with E-state index in [9.17, 15) is 9.59 Å².